The lowest BCUT2D eigenvalue weighted by atomic mass is 10.1. The van der Waals surface area contributed by atoms with E-state index < -0.39 is 6.10 Å². The van der Waals surface area contributed by atoms with Crippen molar-refractivity contribution < 1.29 is 14.4 Å². The Kier molecular flexibility index (Phi) is 7.17. The van der Waals surface area contributed by atoms with Crippen molar-refractivity contribution in [3.05, 3.63) is 52.8 Å². The van der Waals surface area contributed by atoms with Gasteiger partial charge in [0.1, 0.15) is 6.10 Å². The fourth-order valence-electron chi connectivity index (χ4n) is 3.42. The molecule has 10 nitrogen and oxygen atoms in total. The number of aryl methyl sites for hydroxylation is 1. The second-order valence-corrected chi connectivity index (χ2v) is 8.38. The number of benzene rings is 1. The highest BCUT2D eigenvalue weighted by molar-refractivity contribution is 7.13. The molecular formula is C21H25N7O3S. The van der Waals surface area contributed by atoms with Gasteiger partial charge in [-0.15, -0.1) is 16.4 Å². The Morgan fingerprint density at radius 1 is 1.31 bits per heavy atom. The van der Waals surface area contributed by atoms with Gasteiger partial charge in [0, 0.05) is 18.0 Å². The molecule has 32 heavy (non-hydrogen) atoms. The summed E-state index contributed by atoms with van der Waals surface area (Å²) >= 11 is 1.33. The number of nitrogens with one attached hydrogen (secondary N) is 1. The second kappa shape index (κ2) is 10.4. The molecule has 168 valence electrons. The maximum absolute atomic E-state index is 12.4. The molecule has 0 saturated heterocycles. The predicted molar refractivity (Wildman–Crippen MR) is 119 cm³/mol. The molecule has 1 aliphatic rings. The minimum absolute atomic E-state index is 0.141. The highest BCUT2D eigenvalue weighted by Crippen LogP contribution is 2.23. The lowest BCUT2D eigenvalue weighted by Gasteiger charge is -2.17. The molecule has 0 aliphatic heterocycles. The van der Waals surface area contributed by atoms with E-state index in [1.807, 2.05) is 35.7 Å². The van der Waals surface area contributed by atoms with E-state index in [4.69, 9.17) is 9.57 Å². The second-order valence-electron chi connectivity index (χ2n) is 7.52. The molecule has 4 rings (SSSR count). The van der Waals surface area contributed by atoms with E-state index in [1.165, 1.54) is 16.0 Å². The zero-order valence-electron chi connectivity index (χ0n) is 18.0. The third-order valence-corrected chi connectivity index (χ3v) is 5.90. The first kappa shape index (κ1) is 22.0. The molecular weight excluding hydrogens is 430 g/mol. The van der Waals surface area contributed by atoms with Crippen molar-refractivity contribution in [1.29, 1.82) is 0 Å². The van der Waals surface area contributed by atoms with Crippen molar-refractivity contribution in [2.45, 2.75) is 51.4 Å². The van der Waals surface area contributed by atoms with E-state index >= 15 is 0 Å². The normalized spacial score (nSPS) is 15.6. The molecule has 0 spiro atoms. The van der Waals surface area contributed by atoms with Crippen LogP contribution >= 0.6 is 11.3 Å². The van der Waals surface area contributed by atoms with Gasteiger partial charge in [-0.05, 0) is 30.2 Å². The fraction of sp³-hybridized carbons (Fsp3) is 0.429. The summed E-state index contributed by atoms with van der Waals surface area (Å²) < 4.78 is 7.36. The average Bonchev–Trinajstić information content (AvgIpc) is 3.55. The van der Waals surface area contributed by atoms with Crippen molar-refractivity contribution in [1.82, 2.24) is 25.2 Å². The van der Waals surface area contributed by atoms with Gasteiger partial charge in [0.25, 0.3) is 5.91 Å². The molecule has 0 bridgehead atoms. The molecule has 0 radical (unpaired) electrons. The van der Waals surface area contributed by atoms with Crippen LogP contribution in [-0.4, -0.2) is 49.0 Å². The molecule has 2 heterocycles. The number of rotatable bonds is 9. The maximum Gasteiger partial charge on any atom is 0.255 e. The Hall–Kier alpha value is -3.18. The quantitative estimate of drug-likeness (QED) is 0.389. The first-order chi connectivity index (χ1) is 15.6. The highest BCUT2D eigenvalue weighted by Gasteiger charge is 2.23. The third kappa shape index (κ3) is 5.54. The number of carbonyl (C=O) groups is 1. The maximum atomic E-state index is 12.4. The van der Waals surface area contributed by atoms with Gasteiger partial charge >= 0.3 is 0 Å². The molecule has 3 aromatic rings. The van der Waals surface area contributed by atoms with E-state index in [0.717, 1.165) is 31.2 Å². The monoisotopic (exact) mass is 455 g/mol. The molecule has 1 atom stereocenters. The lowest BCUT2D eigenvalue weighted by Crippen LogP contribution is -2.30. The predicted octanol–water partition coefficient (Wildman–Crippen LogP) is 2.92. The Balaban J connectivity index is 1.36. The van der Waals surface area contributed by atoms with Crippen molar-refractivity contribution in [2.24, 2.45) is 12.2 Å². The molecule has 1 aliphatic carbocycles. The SMILES string of the molecule is CC(OC1CCCC1)C(=O)Nc1nc(CO/N=C(/c2ccccc2)c2nnnn2C)cs1. The van der Waals surface area contributed by atoms with Gasteiger partial charge in [-0.25, -0.2) is 9.67 Å². The van der Waals surface area contributed by atoms with Crippen molar-refractivity contribution in [3.8, 4) is 0 Å². The minimum atomic E-state index is -0.514. The largest absolute Gasteiger partial charge is 0.389 e. The van der Waals surface area contributed by atoms with Gasteiger partial charge in [-0.3, -0.25) is 10.1 Å². The van der Waals surface area contributed by atoms with Crippen LogP contribution < -0.4 is 5.32 Å². The van der Waals surface area contributed by atoms with Gasteiger partial charge in [-0.1, -0.05) is 48.3 Å². The van der Waals surface area contributed by atoms with Crippen molar-refractivity contribution in [2.75, 3.05) is 5.32 Å². The van der Waals surface area contributed by atoms with Gasteiger partial charge in [0.05, 0.1) is 11.8 Å². The zero-order valence-corrected chi connectivity index (χ0v) is 18.8. The summed E-state index contributed by atoms with van der Waals surface area (Å²) in [6, 6.07) is 9.54. The summed E-state index contributed by atoms with van der Waals surface area (Å²) in [4.78, 5) is 22.4. The molecule has 1 fully saturated rings. The van der Waals surface area contributed by atoms with E-state index in [0.29, 0.717) is 22.4 Å². The number of thiazole rings is 1. The summed E-state index contributed by atoms with van der Waals surface area (Å²) in [6.07, 6.45) is 4.03. The highest BCUT2D eigenvalue weighted by atomic mass is 32.1. The number of nitrogens with zero attached hydrogens (tertiary/aromatic N) is 6. The van der Waals surface area contributed by atoms with Crippen LogP contribution in [0.1, 0.15) is 49.7 Å². The number of oxime groups is 1. The number of tetrazole rings is 1. The molecule has 1 aromatic carbocycles. The summed E-state index contributed by atoms with van der Waals surface area (Å²) in [6.45, 7) is 1.91. The molecule has 11 heteroatoms. The summed E-state index contributed by atoms with van der Waals surface area (Å²) in [5.41, 5.74) is 1.99. The number of hydrogen-bond donors (Lipinski definition) is 1. The Bertz CT molecular complexity index is 1060. The van der Waals surface area contributed by atoms with Crippen LogP contribution in [0.5, 0.6) is 0 Å². The first-order valence-electron chi connectivity index (χ1n) is 10.5. The standard InChI is InChI=1S/C21H25N7O3S/c1-14(31-17-10-6-7-11-17)20(29)23-21-22-16(13-32-21)12-30-25-18(15-8-4-3-5-9-15)19-24-26-27-28(19)2/h3-5,8-9,13-14,17H,6-7,10-12H2,1-2H3,(H,22,23,29)/b25-18-. The third-order valence-electron chi connectivity index (χ3n) is 5.10. The summed E-state index contributed by atoms with van der Waals surface area (Å²) in [5.74, 6) is 0.288. The van der Waals surface area contributed by atoms with Crippen LogP contribution in [0.4, 0.5) is 5.13 Å². The average molecular weight is 456 g/mol. The van der Waals surface area contributed by atoms with Crippen molar-refractivity contribution in [3.63, 3.8) is 0 Å². The lowest BCUT2D eigenvalue weighted by molar-refractivity contribution is -0.129. The Morgan fingerprint density at radius 3 is 2.81 bits per heavy atom. The zero-order chi connectivity index (χ0) is 22.3. The topological polar surface area (TPSA) is 116 Å². The van der Waals surface area contributed by atoms with Gasteiger partial charge < -0.3 is 9.57 Å². The Morgan fingerprint density at radius 2 is 2.09 bits per heavy atom. The summed E-state index contributed by atoms with van der Waals surface area (Å²) in [5, 5.41) is 21.0. The summed E-state index contributed by atoms with van der Waals surface area (Å²) in [7, 11) is 1.74. The van der Waals surface area contributed by atoms with Crippen LogP contribution in [0, 0.1) is 0 Å². The molecule has 2 aromatic heterocycles. The first-order valence-corrected chi connectivity index (χ1v) is 11.4. The molecule has 1 unspecified atom stereocenters. The number of anilines is 1. The van der Waals surface area contributed by atoms with Gasteiger partial charge in [-0.2, -0.15) is 0 Å². The van der Waals surface area contributed by atoms with Crippen LogP contribution in [-0.2, 0) is 28.0 Å². The minimum Gasteiger partial charge on any atom is -0.389 e. The van der Waals surface area contributed by atoms with E-state index in [1.54, 1.807) is 14.0 Å². The smallest absolute Gasteiger partial charge is 0.255 e. The number of aromatic nitrogens is 5. The Labute approximate surface area is 189 Å². The van der Waals surface area contributed by atoms with E-state index in [-0.39, 0.29) is 18.6 Å². The molecule has 1 amide bonds. The van der Waals surface area contributed by atoms with E-state index in [2.05, 4.69) is 31.0 Å². The van der Waals surface area contributed by atoms with Crippen LogP contribution in [0.2, 0.25) is 0 Å². The van der Waals surface area contributed by atoms with Crippen LogP contribution in [0.15, 0.2) is 40.9 Å². The number of amides is 1. The molecule has 1 N–H and O–H groups in total. The van der Waals surface area contributed by atoms with Crippen LogP contribution in [0.3, 0.4) is 0 Å². The molecule has 1 saturated carbocycles. The van der Waals surface area contributed by atoms with E-state index in [9.17, 15) is 4.79 Å². The number of hydrogen-bond acceptors (Lipinski definition) is 9. The van der Waals surface area contributed by atoms with Gasteiger partial charge in [0.2, 0.25) is 5.82 Å². The van der Waals surface area contributed by atoms with Gasteiger partial charge in [0.15, 0.2) is 17.5 Å². The fourth-order valence-corrected chi connectivity index (χ4v) is 4.12. The van der Waals surface area contributed by atoms with Crippen molar-refractivity contribution >= 4 is 28.1 Å². The number of carbonyl (C=O) groups excluding carboxylic acids is 1. The van der Waals surface area contributed by atoms with Crippen LogP contribution in [0.25, 0.3) is 0 Å². The number of ether oxygens (including phenoxy) is 1.